The van der Waals surface area contributed by atoms with Crippen LogP contribution in [0.3, 0.4) is 0 Å². The number of ether oxygens (including phenoxy) is 9. The first-order valence-corrected chi connectivity index (χ1v) is 20.3. The molecule has 0 fully saturated rings. The number of hydrogen-bond acceptors (Lipinski definition) is 9. The van der Waals surface area contributed by atoms with Gasteiger partial charge in [-0.15, -0.1) is 0 Å². The zero-order chi connectivity index (χ0) is 40.1. The molecule has 1 aliphatic carbocycles. The summed E-state index contributed by atoms with van der Waals surface area (Å²) in [5, 5.41) is 4.16. The van der Waals surface area contributed by atoms with Crippen LogP contribution in [0.2, 0.25) is 3.72 Å². The first-order valence-electron chi connectivity index (χ1n) is 17.5. The quantitative estimate of drug-likeness (QED) is 0.144. The third kappa shape index (κ3) is 7.04. The van der Waals surface area contributed by atoms with E-state index in [9.17, 15) is 0 Å². The summed E-state index contributed by atoms with van der Waals surface area (Å²) in [6.45, 7) is 21.7. The molecule has 0 aliphatic heterocycles. The molecular formula is C42H57Cl3O9SiTi. The van der Waals surface area contributed by atoms with Crippen LogP contribution in [0.5, 0.6) is 51.7 Å². The zero-order valence-corrected chi connectivity index (χ0v) is 41.1. The Morgan fingerprint density at radius 2 is 0.589 bits per heavy atom. The SMILES string of the molecule is COc1c(C)c(C)c([Si](C2=C(C)C(C)=C(C)[C]2(C)[Ti+3])(c2c(C)c(C)c(OC)c(OC)c2OC)c2c(C)c(C)c(OC)c(OC)c2OC)c(OC)c1OC.[Cl-].[Cl-].[Cl-]. The summed E-state index contributed by atoms with van der Waals surface area (Å²) in [5.41, 5.74) is 9.46. The Labute approximate surface area is 365 Å². The van der Waals surface area contributed by atoms with Crippen LogP contribution in [0.25, 0.3) is 0 Å². The molecule has 0 amide bonds. The van der Waals surface area contributed by atoms with Crippen molar-refractivity contribution in [2.45, 2.75) is 73.0 Å². The summed E-state index contributed by atoms with van der Waals surface area (Å²) in [6.07, 6.45) is 0. The molecule has 308 valence electrons. The molecule has 0 spiro atoms. The maximum absolute atomic E-state index is 6.60. The topological polar surface area (TPSA) is 83.1 Å². The molecule has 56 heavy (non-hydrogen) atoms. The fourth-order valence-corrected chi connectivity index (χ4v) is 17.4. The molecule has 1 unspecified atom stereocenters. The van der Waals surface area contributed by atoms with Crippen molar-refractivity contribution in [3.05, 3.63) is 55.3 Å². The molecule has 0 aromatic heterocycles. The molecule has 0 heterocycles. The van der Waals surface area contributed by atoms with Crippen LogP contribution in [0.15, 0.2) is 21.9 Å². The fraction of sp³-hybridized carbons (Fsp3) is 0.476. The molecule has 1 aliphatic rings. The maximum Gasteiger partial charge on any atom is -1.00 e. The Balaban J connectivity index is 0.00000523. The van der Waals surface area contributed by atoms with Crippen molar-refractivity contribution < 1.29 is 100 Å². The minimum atomic E-state index is -3.89. The van der Waals surface area contributed by atoms with Gasteiger partial charge in [0, 0.05) is 0 Å². The van der Waals surface area contributed by atoms with Gasteiger partial charge in [0.2, 0.25) is 0 Å². The molecule has 9 nitrogen and oxygen atoms in total. The number of rotatable bonds is 13. The van der Waals surface area contributed by atoms with Crippen LogP contribution in [0, 0.1) is 41.5 Å². The normalized spacial score (nSPS) is 15.0. The van der Waals surface area contributed by atoms with Crippen molar-refractivity contribution in [1.29, 1.82) is 0 Å². The molecule has 14 heteroatoms. The van der Waals surface area contributed by atoms with Gasteiger partial charge in [0.1, 0.15) is 0 Å². The Hall–Kier alpha value is -2.86. The average molecular weight is 888 g/mol. The number of hydrogen-bond donors (Lipinski definition) is 0. The van der Waals surface area contributed by atoms with E-state index in [0.717, 1.165) is 48.9 Å². The number of benzene rings is 3. The number of allylic oxidation sites excluding steroid dienone is 4. The molecule has 0 bridgehead atoms. The van der Waals surface area contributed by atoms with Gasteiger partial charge in [0.15, 0.2) is 0 Å². The molecular weight excluding hydrogens is 831 g/mol. The van der Waals surface area contributed by atoms with Gasteiger partial charge < -0.3 is 37.2 Å². The standard InChI is InChI=1S/C42H57O9Si.3ClH.Ti/c1-20-21(2)26(7)39(25(20)6)52(40-27(8)22(3)30(43-11)33(46-14)36(40)49-17,41-28(9)23(4)31(44-12)34(47-15)37(41)50-18)42-29(10)24(5)32(45-13)35(48-16)38(42)51-19;;;;/h1-19H3;3*1H;/q;;;;+3/p-3. The second-order valence-corrected chi connectivity index (χ2v) is 18.9. The summed E-state index contributed by atoms with van der Waals surface area (Å²) in [6, 6.07) is 0. The van der Waals surface area contributed by atoms with Crippen molar-refractivity contribution >= 4 is 23.6 Å². The zero-order valence-electron chi connectivity index (χ0n) is 36.3. The molecule has 3 aromatic rings. The molecule has 0 N–H and O–H groups in total. The third-order valence-electron chi connectivity index (χ3n) is 11.8. The Morgan fingerprint density at radius 3 is 0.768 bits per heavy atom. The number of halogens is 3. The van der Waals surface area contributed by atoms with E-state index >= 15 is 0 Å². The van der Waals surface area contributed by atoms with Gasteiger partial charge >= 0.3 is 331 Å². The van der Waals surface area contributed by atoms with Crippen LogP contribution in [0.1, 0.15) is 61.1 Å². The van der Waals surface area contributed by atoms with Crippen LogP contribution in [-0.2, 0) is 20.4 Å². The summed E-state index contributed by atoms with van der Waals surface area (Å²) in [7, 11) is 11.1. The van der Waals surface area contributed by atoms with E-state index in [4.69, 9.17) is 42.6 Å². The number of methoxy groups -OCH3 is 9. The molecule has 3 aromatic carbocycles. The van der Waals surface area contributed by atoms with Gasteiger partial charge in [0.25, 0.3) is 0 Å². The van der Waals surface area contributed by atoms with Crippen LogP contribution >= 0.6 is 0 Å². The van der Waals surface area contributed by atoms with Gasteiger partial charge in [0.05, 0.1) is 0 Å². The first kappa shape index (κ1) is 51.2. The first-order chi connectivity index (χ1) is 25.0. The van der Waals surface area contributed by atoms with E-state index in [1.54, 1.807) is 64.0 Å². The van der Waals surface area contributed by atoms with Crippen LogP contribution < -0.4 is 95.4 Å². The summed E-state index contributed by atoms with van der Waals surface area (Å²) >= 11 is 2.32. The molecule has 1 atom stereocenters. The fourth-order valence-electron chi connectivity index (χ4n) is 8.79. The molecule has 4 rings (SSSR count). The monoisotopic (exact) mass is 886 g/mol. The predicted molar refractivity (Wildman–Crippen MR) is 211 cm³/mol. The second kappa shape index (κ2) is 19.3. The van der Waals surface area contributed by atoms with Crippen LogP contribution in [-0.4, -0.2) is 72.1 Å². The molecule has 0 saturated carbocycles. The van der Waals surface area contributed by atoms with Gasteiger partial charge in [-0.2, -0.15) is 0 Å². The van der Waals surface area contributed by atoms with E-state index in [0.29, 0.717) is 51.7 Å². The van der Waals surface area contributed by atoms with E-state index in [-0.39, 0.29) is 37.2 Å². The van der Waals surface area contributed by atoms with Gasteiger partial charge in [-0.3, -0.25) is 0 Å². The molecule has 0 saturated heterocycles. The van der Waals surface area contributed by atoms with Crippen molar-refractivity contribution in [1.82, 2.24) is 0 Å². The van der Waals surface area contributed by atoms with E-state index in [1.807, 2.05) is 0 Å². The van der Waals surface area contributed by atoms with E-state index in [2.05, 4.69) is 89.7 Å². The van der Waals surface area contributed by atoms with Crippen molar-refractivity contribution in [3.8, 4) is 51.7 Å². The van der Waals surface area contributed by atoms with Gasteiger partial charge in [-0.05, 0) is 0 Å². The van der Waals surface area contributed by atoms with Crippen molar-refractivity contribution in [2.75, 3.05) is 64.0 Å². The van der Waals surface area contributed by atoms with Gasteiger partial charge in [-0.25, -0.2) is 0 Å². The average Bonchev–Trinajstić information content (AvgIpc) is 3.30. The Bertz CT molecular complexity index is 1860. The summed E-state index contributed by atoms with van der Waals surface area (Å²) < 4.78 is 56.3. The largest absolute Gasteiger partial charge is 1.00 e. The Kier molecular flexibility index (Phi) is 17.6. The minimum absolute atomic E-state index is 0. The third-order valence-corrected chi connectivity index (χ3v) is 18.9. The summed E-state index contributed by atoms with van der Waals surface area (Å²) in [5.74, 6) is 5.04. The van der Waals surface area contributed by atoms with Crippen LogP contribution in [0.4, 0.5) is 0 Å². The summed E-state index contributed by atoms with van der Waals surface area (Å²) in [4.78, 5) is 0. The maximum atomic E-state index is 6.60. The smallest absolute Gasteiger partial charge is 1.00 e. The van der Waals surface area contributed by atoms with Crippen molar-refractivity contribution in [2.24, 2.45) is 0 Å². The van der Waals surface area contributed by atoms with Gasteiger partial charge in [-0.1, -0.05) is 0 Å². The van der Waals surface area contributed by atoms with E-state index < -0.39 is 11.8 Å². The second-order valence-electron chi connectivity index (χ2n) is 13.8. The minimum Gasteiger partial charge on any atom is -1.00 e. The van der Waals surface area contributed by atoms with Crippen molar-refractivity contribution in [3.63, 3.8) is 0 Å². The van der Waals surface area contributed by atoms with E-state index in [1.165, 1.54) is 21.9 Å². The Morgan fingerprint density at radius 1 is 0.357 bits per heavy atom. The predicted octanol–water partition coefficient (Wildman–Crippen LogP) is -1.97. The molecule has 0 radical (unpaired) electrons.